The minimum atomic E-state index is -1.42. The highest BCUT2D eigenvalue weighted by atomic mass is 16.6. The number of nitrogens with one attached hydrogen (secondary N) is 1. The highest BCUT2D eigenvalue weighted by Gasteiger charge is 2.26. The second kappa shape index (κ2) is 8.30. The van der Waals surface area contributed by atoms with Crippen LogP contribution in [0.2, 0.25) is 0 Å². The molecule has 0 aliphatic heterocycles. The van der Waals surface area contributed by atoms with E-state index in [9.17, 15) is 14.7 Å². The maximum atomic E-state index is 11.8. The van der Waals surface area contributed by atoms with Crippen LogP contribution in [0, 0.1) is 0 Å². The number of benzene rings is 2. The first kappa shape index (κ1) is 18.5. The molecule has 0 bridgehead atoms. The molecule has 3 N–H and O–H groups in total. The lowest BCUT2D eigenvalue weighted by Crippen LogP contribution is -2.47. The summed E-state index contributed by atoms with van der Waals surface area (Å²) in [7, 11) is 0. The maximum absolute atomic E-state index is 11.8. The second-order valence-electron chi connectivity index (χ2n) is 5.74. The Morgan fingerprint density at radius 2 is 1.52 bits per heavy atom. The molecule has 0 radical (unpaired) electrons. The highest BCUT2D eigenvalue weighted by molar-refractivity contribution is 5.80. The van der Waals surface area contributed by atoms with Crippen LogP contribution in [0.3, 0.4) is 0 Å². The fourth-order valence-corrected chi connectivity index (χ4v) is 2.36. The molecule has 0 spiro atoms. The van der Waals surface area contributed by atoms with Crippen molar-refractivity contribution in [3.05, 3.63) is 60.2 Å². The molecular weight excluding hydrogens is 322 g/mol. The summed E-state index contributed by atoms with van der Waals surface area (Å²) in [6.45, 7) is 2.97. The van der Waals surface area contributed by atoms with Crippen molar-refractivity contribution in [1.29, 1.82) is 0 Å². The molecule has 25 heavy (non-hydrogen) atoms. The van der Waals surface area contributed by atoms with Crippen LogP contribution in [0.5, 0.6) is 0 Å². The van der Waals surface area contributed by atoms with Gasteiger partial charge >= 0.3 is 12.1 Å². The van der Waals surface area contributed by atoms with E-state index in [0.29, 0.717) is 0 Å². The Kier molecular flexibility index (Phi) is 6.14. The van der Waals surface area contributed by atoms with Crippen molar-refractivity contribution >= 4 is 12.1 Å². The van der Waals surface area contributed by atoms with E-state index in [1.807, 2.05) is 54.6 Å². The van der Waals surface area contributed by atoms with Crippen molar-refractivity contribution in [2.24, 2.45) is 0 Å². The summed E-state index contributed by atoms with van der Waals surface area (Å²) in [6, 6.07) is 16.0. The number of hydrogen-bond donors (Lipinski definition) is 3. The third kappa shape index (κ3) is 5.06. The lowest BCUT2D eigenvalue weighted by molar-refractivity contribution is -0.142. The van der Waals surface area contributed by atoms with Crippen molar-refractivity contribution in [3.8, 4) is 11.1 Å². The SMILES string of the molecule is C[C@H](OC(=O)N[C@@H](C(=O)O)[C@H](C)O)c1ccc(-c2ccccc2)cc1. The van der Waals surface area contributed by atoms with Crippen molar-refractivity contribution < 1.29 is 24.5 Å². The van der Waals surface area contributed by atoms with Crippen LogP contribution in [-0.2, 0) is 9.53 Å². The predicted molar refractivity (Wildman–Crippen MR) is 93.0 cm³/mol. The molecule has 6 nitrogen and oxygen atoms in total. The summed E-state index contributed by atoms with van der Waals surface area (Å²) in [5.74, 6) is -1.33. The number of carboxylic acids is 1. The monoisotopic (exact) mass is 343 g/mol. The zero-order valence-electron chi connectivity index (χ0n) is 14.0. The topological polar surface area (TPSA) is 95.9 Å². The molecule has 0 aliphatic rings. The first-order chi connectivity index (χ1) is 11.9. The zero-order valence-corrected chi connectivity index (χ0v) is 14.0. The quantitative estimate of drug-likeness (QED) is 0.749. The van der Waals surface area contributed by atoms with Gasteiger partial charge in [0, 0.05) is 0 Å². The van der Waals surface area contributed by atoms with Crippen LogP contribution in [0.25, 0.3) is 11.1 Å². The Hall–Kier alpha value is -2.86. The molecule has 0 unspecified atom stereocenters. The van der Waals surface area contributed by atoms with E-state index in [4.69, 9.17) is 9.84 Å². The third-order valence-electron chi connectivity index (χ3n) is 3.79. The molecule has 2 aromatic carbocycles. The van der Waals surface area contributed by atoms with Gasteiger partial charge in [0.15, 0.2) is 6.04 Å². The summed E-state index contributed by atoms with van der Waals surface area (Å²) in [5, 5.41) is 20.5. The molecule has 0 heterocycles. The number of aliphatic hydroxyl groups excluding tert-OH is 1. The number of carbonyl (C=O) groups is 2. The van der Waals surface area contributed by atoms with Crippen molar-refractivity contribution in [2.45, 2.75) is 32.1 Å². The number of amides is 1. The van der Waals surface area contributed by atoms with Crippen LogP contribution in [0.4, 0.5) is 4.79 Å². The van der Waals surface area contributed by atoms with Gasteiger partial charge in [0.1, 0.15) is 6.10 Å². The van der Waals surface area contributed by atoms with E-state index >= 15 is 0 Å². The van der Waals surface area contributed by atoms with Gasteiger partial charge in [-0.1, -0.05) is 54.6 Å². The van der Waals surface area contributed by atoms with Gasteiger partial charge < -0.3 is 20.3 Å². The standard InChI is InChI=1S/C19H21NO5/c1-12(21)17(18(22)23)20-19(24)25-13(2)14-8-10-16(11-9-14)15-6-4-3-5-7-15/h3-13,17,21H,1-2H3,(H,20,24)(H,22,23)/t12-,13-,17+/m0/s1. The van der Waals surface area contributed by atoms with Gasteiger partial charge in [-0.15, -0.1) is 0 Å². The average Bonchev–Trinajstić information content (AvgIpc) is 2.60. The van der Waals surface area contributed by atoms with E-state index in [0.717, 1.165) is 16.7 Å². The molecule has 0 saturated heterocycles. The molecule has 1 amide bonds. The van der Waals surface area contributed by atoms with Crippen molar-refractivity contribution in [2.75, 3.05) is 0 Å². The van der Waals surface area contributed by atoms with Crippen molar-refractivity contribution in [1.82, 2.24) is 5.32 Å². The van der Waals surface area contributed by atoms with Gasteiger partial charge in [-0.05, 0) is 30.5 Å². The van der Waals surface area contributed by atoms with Gasteiger partial charge in [0.25, 0.3) is 0 Å². The Morgan fingerprint density at radius 1 is 0.960 bits per heavy atom. The summed E-state index contributed by atoms with van der Waals surface area (Å²) >= 11 is 0. The van der Waals surface area contributed by atoms with Crippen LogP contribution in [-0.4, -0.2) is 34.4 Å². The molecular formula is C19H21NO5. The Balaban J connectivity index is 1.99. The molecule has 0 fully saturated rings. The maximum Gasteiger partial charge on any atom is 0.408 e. The number of carbonyl (C=O) groups excluding carboxylic acids is 1. The normalized spacial score (nSPS) is 14.2. The first-order valence-electron chi connectivity index (χ1n) is 7.92. The molecule has 6 heteroatoms. The summed E-state index contributed by atoms with van der Waals surface area (Å²) in [6.07, 6.45) is -2.69. The summed E-state index contributed by atoms with van der Waals surface area (Å²) in [4.78, 5) is 22.8. The number of alkyl carbamates (subject to hydrolysis) is 1. The van der Waals surface area contributed by atoms with Gasteiger partial charge in [0.05, 0.1) is 6.10 Å². The highest BCUT2D eigenvalue weighted by Crippen LogP contribution is 2.23. The first-order valence-corrected chi connectivity index (χ1v) is 7.92. The van der Waals surface area contributed by atoms with Gasteiger partial charge in [-0.2, -0.15) is 0 Å². The second-order valence-corrected chi connectivity index (χ2v) is 5.74. The smallest absolute Gasteiger partial charge is 0.408 e. The van der Waals surface area contributed by atoms with Gasteiger partial charge in [-0.25, -0.2) is 9.59 Å². The van der Waals surface area contributed by atoms with Crippen LogP contribution >= 0.6 is 0 Å². The fourth-order valence-electron chi connectivity index (χ4n) is 2.36. The number of carboxylic acid groups (broad SMARTS) is 1. The average molecular weight is 343 g/mol. The van der Waals surface area contributed by atoms with Crippen LogP contribution in [0.15, 0.2) is 54.6 Å². The van der Waals surface area contributed by atoms with E-state index in [2.05, 4.69) is 5.32 Å². The molecule has 132 valence electrons. The Labute approximate surface area is 146 Å². The third-order valence-corrected chi connectivity index (χ3v) is 3.79. The minimum Gasteiger partial charge on any atom is -0.480 e. The van der Waals surface area contributed by atoms with E-state index < -0.39 is 30.3 Å². The molecule has 0 aliphatic carbocycles. The largest absolute Gasteiger partial charge is 0.480 e. The number of aliphatic hydroxyl groups is 1. The van der Waals surface area contributed by atoms with E-state index in [-0.39, 0.29) is 0 Å². The summed E-state index contributed by atoms with van der Waals surface area (Å²) < 4.78 is 5.19. The molecule has 2 aromatic rings. The Bertz CT molecular complexity index is 712. The van der Waals surface area contributed by atoms with Gasteiger partial charge in [0.2, 0.25) is 0 Å². The number of rotatable bonds is 6. The lowest BCUT2D eigenvalue weighted by Gasteiger charge is -2.19. The number of hydrogen-bond acceptors (Lipinski definition) is 4. The van der Waals surface area contributed by atoms with Crippen LogP contribution < -0.4 is 5.32 Å². The predicted octanol–water partition coefficient (Wildman–Crippen LogP) is 2.97. The van der Waals surface area contributed by atoms with E-state index in [1.165, 1.54) is 6.92 Å². The zero-order chi connectivity index (χ0) is 18.4. The fraction of sp³-hybridized carbons (Fsp3) is 0.263. The molecule has 0 saturated carbocycles. The lowest BCUT2D eigenvalue weighted by atomic mass is 10.0. The summed E-state index contributed by atoms with van der Waals surface area (Å²) in [5.41, 5.74) is 2.90. The molecule has 2 rings (SSSR count). The number of aliphatic carboxylic acids is 1. The van der Waals surface area contributed by atoms with Crippen molar-refractivity contribution in [3.63, 3.8) is 0 Å². The Morgan fingerprint density at radius 3 is 2.04 bits per heavy atom. The van der Waals surface area contributed by atoms with Gasteiger partial charge in [-0.3, -0.25) is 0 Å². The number of ether oxygens (including phenoxy) is 1. The molecule has 0 aromatic heterocycles. The van der Waals surface area contributed by atoms with Crippen LogP contribution in [0.1, 0.15) is 25.5 Å². The minimum absolute atomic E-state index is 0.562. The van der Waals surface area contributed by atoms with E-state index in [1.54, 1.807) is 6.92 Å². The molecule has 3 atom stereocenters.